The standard InChI is InChI=1S/C16H23N3O2S/c1-3-10-19(15-6-8-18-9-7-15)22(20,21)16-5-4-14(12-17)13(2)11-16/h4-5,11,15,18H,3,6-10H2,1-2H3. The molecule has 0 bridgehead atoms. The number of aryl methyl sites for hydroxylation is 1. The molecule has 0 amide bonds. The Bertz CT molecular complexity index is 658. The lowest BCUT2D eigenvalue weighted by atomic mass is 10.1. The van der Waals surface area contributed by atoms with Crippen LogP contribution in [0.3, 0.4) is 0 Å². The van der Waals surface area contributed by atoms with Crippen LogP contribution < -0.4 is 5.32 Å². The molecule has 1 heterocycles. The molecule has 1 saturated heterocycles. The summed E-state index contributed by atoms with van der Waals surface area (Å²) in [6.07, 6.45) is 2.47. The van der Waals surface area contributed by atoms with Crippen molar-refractivity contribution in [3.05, 3.63) is 29.3 Å². The van der Waals surface area contributed by atoms with Crippen molar-refractivity contribution in [3.63, 3.8) is 0 Å². The molecule has 22 heavy (non-hydrogen) atoms. The molecule has 1 aromatic carbocycles. The fourth-order valence-corrected chi connectivity index (χ4v) is 4.73. The van der Waals surface area contributed by atoms with E-state index in [2.05, 4.69) is 11.4 Å². The van der Waals surface area contributed by atoms with E-state index in [0.29, 0.717) is 17.7 Å². The zero-order valence-electron chi connectivity index (χ0n) is 13.2. The van der Waals surface area contributed by atoms with E-state index in [1.165, 1.54) is 0 Å². The van der Waals surface area contributed by atoms with Crippen molar-refractivity contribution in [1.29, 1.82) is 5.26 Å². The van der Waals surface area contributed by atoms with Crippen molar-refractivity contribution in [2.45, 2.75) is 44.0 Å². The van der Waals surface area contributed by atoms with Gasteiger partial charge < -0.3 is 5.32 Å². The number of hydrogen-bond acceptors (Lipinski definition) is 4. The molecular formula is C16H23N3O2S. The third-order valence-electron chi connectivity index (χ3n) is 4.08. The number of sulfonamides is 1. The first-order valence-corrected chi connectivity index (χ1v) is 9.18. The van der Waals surface area contributed by atoms with Crippen LogP contribution in [-0.2, 0) is 10.0 Å². The van der Waals surface area contributed by atoms with E-state index in [4.69, 9.17) is 5.26 Å². The van der Waals surface area contributed by atoms with Gasteiger partial charge in [-0.2, -0.15) is 9.57 Å². The lowest BCUT2D eigenvalue weighted by Gasteiger charge is -2.33. The fraction of sp³-hybridized carbons (Fsp3) is 0.562. The van der Waals surface area contributed by atoms with Gasteiger partial charge >= 0.3 is 0 Å². The summed E-state index contributed by atoms with van der Waals surface area (Å²) in [7, 11) is -3.51. The molecule has 0 radical (unpaired) electrons. The third-order valence-corrected chi connectivity index (χ3v) is 6.03. The summed E-state index contributed by atoms with van der Waals surface area (Å²) in [6.45, 7) is 6.01. The van der Waals surface area contributed by atoms with Crippen LogP contribution in [-0.4, -0.2) is 38.4 Å². The molecule has 1 fully saturated rings. The van der Waals surface area contributed by atoms with Gasteiger partial charge in [-0.05, 0) is 63.0 Å². The maximum absolute atomic E-state index is 13.0. The highest BCUT2D eigenvalue weighted by molar-refractivity contribution is 7.89. The first kappa shape index (κ1) is 16.9. The molecule has 1 aromatic rings. The Morgan fingerprint density at radius 2 is 2.05 bits per heavy atom. The number of benzene rings is 1. The van der Waals surface area contributed by atoms with Crippen molar-refractivity contribution in [3.8, 4) is 6.07 Å². The summed E-state index contributed by atoms with van der Waals surface area (Å²) in [6, 6.07) is 6.88. The third kappa shape index (κ3) is 3.49. The number of hydrogen-bond donors (Lipinski definition) is 1. The Morgan fingerprint density at radius 3 is 2.59 bits per heavy atom. The normalized spacial score (nSPS) is 16.6. The zero-order chi connectivity index (χ0) is 16.2. The number of rotatable bonds is 5. The largest absolute Gasteiger partial charge is 0.317 e. The van der Waals surface area contributed by atoms with Gasteiger partial charge in [0.25, 0.3) is 0 Å². The summed E-state index contributed by atoms with van der Waals surface area (Å²) in [5, 5.41) is 12.3. The fourth-order valence-electron chi connectivity index (χ4n) is 2.87. The highest BCUT2D eigenvalue weighted by atomic mass is 32.2. The number of piperidine rings is 1. The van der Waals surface area contributed by atoms with Gasteiger partial charge in [0.1, 0.15) is 0 Å². The second kappa shape index (κ2) is 7.23. The highest BCUT2D eigenvalue weighted by Gasteiger charge is 2.31. The van der Waals surface area contributed by atoms with E-state index < -0.39 is 10.0 Å². The van der Waals surface area contributed by atoms with E-state index in [9.17, 15) is 8.42 Å². The zero-order valence-corrected chi connectivity index (χ0v) is 14.0. The second-order valence-corrected chi connectivity index (χ2v) is 7.58. The minimum absolute atomic E-state index is 0.0575. The van der Waals surface area contributed by atoms with E-state index >= 15 is 0 Å². The predicted molar refractivity (Wildman–Crippen MR) is 86.0 cm³/mol. The molecule has 1 aliphatic rings. The van der Waals surface area contributed by atoms with Crippen molar-refractivity contribution in [2.75, 3.05) is 19.6 Å². The van der Waals surface area contributed by atoms with Crippen molar-refractivity contribution < 1.29 is 8.42 Å². The Labute approximate surface area is 133 Å². The number of nitrogens with zero attached hydrogens (tertiary/aromatic N) is 2. The minimum Gasteiger partial charge on any atom is -0.317 e. The van der Waals surface area contributed by atoms with Gasteiger partial charge in [0, 0.05) is 12.6 Å². The van der Waals surface area contributed by atoms with Crippen molar-refractivity contribution in [1.82, 2.24) is 9.62 Å². The predicted octanol–water partition coefficient (Wildman–Crippen LogP) is 2.02. The average Bonchev–Trinajstić information content (AvgIpc) is 2.53. The van der Waals surface area contributed by atoms with Crippen LogP contribution in [0.5, 0.6) is 0 Å². The monoisotopic (exact) mass is 321 g/mol. The lowest BCUT2D eigenvalue weighted by Crippen LogP contribution is -2.46. The van der Waals surface area contributed by atoms with Gasteiger partial charge in [-0.3, -0.25) is 0 Å². The minimum atomic E-state index is -3.51. The van der Waals surface area contributed by atoms with Gasteiger partial charge in [0.15, 0.2) is 0 Å². The van der Waals surface area contributed by atoms with Gasteiger partial charge in [-0.1, -0.05) is 6.92 Å². The molecule has 6 heteroatoms. The number of nitriles is 1. The molecule has 0 atom stereocenters. The molecule has 0 aliphatic carbocycles. The summed E-state index contributed by atoms with van der Waals surface area (Å²) in [5.41, 5.74) is 1.22. The topological polar surface area (TPSA) is 73.2 Å². The second-order valence-electron chi connectivity index (χ2n) is 5.69. The first-order chi connectivity index (χ1) is 10.5. The van der Waals surface area contributed by atoms with Crippen LogP contribution >= 0.6 is 0 Å². The van der Waals surface area contributed by atoms with Crippen LogP contribution in [0, 0.1) is 18.3 Å². The smallest absolute Gasteiger partial charge is 0.243 e. The Morgan fingerprint density at radius 1 is 1.36 bits per heavy atom. The Kier molecular flexibility index (Phi) is 5.57. The van der Waals surface area contributed by atoms with Crippen LogP contribution in [0.2, 0.25) is 0 Å². The van der Waals surface area contributed by atoms with Gasteiger partial charge in [0.05, 0.1) is 16.5 Å². The van der Waals surface area contributed by atoms with Crippen molar-refractivity contribution >= 4 is 10.0 Å². The molecule has 120 valence electrons. The Balaban J connectivity index is 2.36. The molecule has 1 aliphatic heterocycles. The Hall–Kier alpha value is -1.42. The summed E-state index contributed by atoms with van der Waals surface area (Å²) < 4.78 is 27.6. The molecule has 5 nitrogen and oxygen atoms in total. The van der Waals surface area contributed by atoms with Gasteiger partial charge in [-0.25, -0.2) is 8.42 Å². The summed E-state index contributed by atoms with van der Waals surface area (Å²) >= 11 is 0. The molecule has 2 rings (SSSR count). The van der Waals surface area contributed by atoms with Crippen LogP contribution in [0.15, 0.2) is 23.1 Å². The lowest BCUT2D eigenvalue weighted by molar-refractivity contribution is 0.262. The first-order valence-electron chi connectivity index (χ1n) is 7.74. The van der Waals surface area contributed by atoms with Crippen molar-refractivity contribution in [2.24, 2.45) is 0 Å². The van der Waals surface area contributed by atoms with E-state index in [-0.39, 0.29) is 10.9 Å². The maximum Gasteiger partial charge on any atom is 0.243 e. The van der Waals surface area contributed by atoms with Gasteiger partial charge in [-0.15, -0.1) is 0 Å². The van der Waals surface area contributed by atoms with Crippen LogP contribution in [0.1, 0.15) is 37.3 Å². The summed E-state index contributed by atoms with van der Waals surface area (Å²) in [4.78, 5) is 0.288. The van der Waals surface area contributed by atoms with Crippen LogP contribution in [0.25, 0.3) is 0 Å². The quantitative estimate of drug-likeness (QED) is 0.900. The van der Waals surface area contributed by atoms with E-state index in [1.807, 2.05) is 6.92 Å². The van der Waals surface area contributed by atoms with E-state index in [0.717, 1.165) is 32.4 Å². The molecule has 0 aromatic heterocycles. The van der Waals surface area contributed by atoms with Crippen LogP contribution in [0.4, 0.5) is 0 Å². The molecule has 0 unspecified atom stereocenters. The maximum atomic E-state index is 13.0. The molecule has 0 spiro atoms. The number of nitrogens with one attached hydrogen (secondary N) is 1. The SMILES string of the molecule is CCCN(C1CCNCC1)S(=O)(=O)c1ccc(C#N)c(C)c1. The molecular weight excluding hydrogens is 298 g/mol. The highest BCUT2D eigenvalue weighted by Crippen LogP contribution is 2.24. The molecule has 1 N–H and O–H groups in total. The van der Waals surface area contributed by atoms with Gasteiger partial charge in [0.2, 0.25) is 10.0 Å². The van der Waals surface area contributed by atoms with E-state index in [1.54, 1.807) is 29.4 Å². The summed E-state index contributed by atoms with van der Waals surface area (Å²) in [5.74, 6) is 0. The average molecular weight is 321 g/mol. The molecule has 0 saturated carbocycles.